The minimum Gasteiger partial charge on any atom is -0.493 e. The fourth-order valence-electron chi connectivity index (χ4n) is 3.09. The van der Waals surface area contributed by atoms with Gasteiger partial charge in [0, 0.05) is 25.0 Å². The number of rotatable bonds is 7. The van der Waals surface area contributed by atoms with Gasteiger partial charge in [-0.2, -0.15) is 15.2 Å². The van der Waals surface area contributed by atoms with Gasteiger partial charge < -0.3 is 10.1 Å². The van der Waals surface area contributed by atoms with Gasteiger partial charge in [0.25, 0.3) is 0 Å². The van der Waals surface area contributed by atoms with Crippen molar-refractivity contribution in [3.63, 3.8) is 0 Å². The third-order valence-corrected chi connectivity index (χ3v) is 4.80. The summed E-state index contributed by atoms with van der Waals surface area (Å²) >= 11 is 0. The van der Waals surface area contributed by atoms with E-state index < -0.39 is 0 Å². The highest BCUT2D eigenvalue weighted by molar-refractivity contribution is 5.75. The Kier molecular flexibility index (Phi) is 4.16. The van der Waals surface area contributed by atoms with Crippen molar-refractivity contribution >= 4 is 22.7 Å². The third kappa shape index (κ3) is 3.53. The minimum atomic E-state index is 0.514. The van der Waals surface area contributed by atoms with E-state index in [2.05, 4.69) is 31.5 Å². The molecule has 0 bridgehead atoms. The molecule has 0 saturated heterocycles. The molecule has 8 nitrogen and oxygen atoms in total. The Balaban J connectivity index is 1.40. The fourth-order valence-corrected chi connectivity index (χ4v) is 3.09. The van der Waals surface area contributed by atoms with E-state index in [1.165, 1.54) is 12.8 Å². The second-order valence-electron chi connectivity index (χ2n) is 7.16. The van der Waals surface area contributed by atoms with Crippen molar-refractivity contribution in [1.29, 1.82) is 0 Å². The van der Waals surface area contributed by atoms with E-state index in [1.807, 2.05) is 36.1 Å². The van der Waals surface area contributed by atoms with E-state index in [1.54, 1.807) is 23.3 Å². The Hall–Kier alpha value is -3.42. The molecule has 142 valence electrons. The quantitative estimate of drug-likeness (QED) is 0.534. The van der Waals surface area contributed by atoms with E-state index in [0.717, 1.165) is 34.6 Å². The van der Waals surface area contributed by atoms with Crippen molar-refractivity contribution in [1.82, 2.24) is 29.5 Å². The number of anilines is 2. The molecule has 3 heterocycles. The molecule has 0 atom stereocenters. The number of aromatic nitrogens is 6. The van der Waals surface area contributed by atoms with Gasteiger partial charge in [-0.05, 0) is 24.8 Å². The van der Waals surface area contributed by atoms with Crippen LogP contribution in [0.4, 0.5) is 11.6 Å². The summed E-state index contributed by atoms with van der Waals surface area (Å²) in [6.45, 7) is 1.38. The number of nitrogens with zero attached hydrogens (tertiary/aromatic N) is 6. The fraction of sp³-hybridized carbons (Fsp3) is 0.300. The van der Waals surface area contributed by atoms with Crippen molar-refractivity contribution in [3.05, 3.63) is 54.6 Å². The molecule has 1 N–H and O–H groups in total. The van der Waals surface area contributed by atoms with Crippen LogP contribution < -0.4 is 10.1 Å². The van der Waals surface area contributed by atoms with E-state index in [-0.39, 0.29) is 0 Å². The molecule has 0 radical (unpaired) electrons. The van der Waals surface area contributed by atoms with Crippen molar-refractivity contribution in [2.45, 2.75) is 19.4 Å². The first kappa shape index (κ1) is 16.7. The van der Waals surface area contributed by atoms with Gasteiger partial charge in [-0.1, -0.05) is 18.2 Å². The number of aryl methyl sites for hydroxylation is 1. The van der Waals surface area contributed by atoms with Crippen LogP contribution in [0.1, 0.15) is 18.4 Å². The summed E-state index contributed by atoms with van der Waals surface area (Å²) in [6.07, 6.45) is 9.72. The van der Waals surface area contributed by atoms with Gasteiger partial charge in [-0.15, -0.1) is 0 Å². The van der Waals surface area contributed by atoms with Gasteiger partial charge in [0.15, 0.2) is 5.65 Å². The average Bonchev–Trinajstić information content (AvgIpc) is 3.33. The number of hydrogen-bond donors (Lipinski definition) is 1. The Morgan fingerprint density at radius 2 is 2.04 bits per heavy atom. The molecule has 4 aromatic rings. The van der Waals surface area contributed by atoms with Gasteiger partial charge >= 0.3 is 0 Å². The maximum Gasteiger partial charge on any atom is 0.229 e. The molecule has 1 fully saturated rings. The van der Waals surface area contributed by atoms with Gasteiger partial charge in [0.05, 0.1) is 36.6 Å². The molecule has 1 aromatic carbocycles. The van der Waals surface area contributed by atoms with E-state index in [9.17, 15) is 0 Å². The molecule has 1 saturated carbocycles. The number of nitrogens with one attached hydrogen (secondary N) is 1. The summed E-state index contributed by atoms with van der Waals surface area (Å²) in [5.41, 5.74) is 2.71. The number of fused-ring (bicyclic) bond motifs is 1. The molecule has 28 heavy (non-hydrogen) atoms. The molecule has 0 aliphatic heterocycles. The topological polar surface area (TPSA) is 82.7 Å². The number of ether oxygens (including phenoxy) is 1. The molecular formula is C20H21N7O. The molecule has 0 spiro atoms. The zero-order chi connectivity index (χ0) is 18.9. The van der Waals surface area contributed by atoms with E-state index in [4.69, 9.17) is 4.74 Å². The van der Waals surface area contributed by atoms with Crippen LogP contribution >= 0.6 is 0 Å². The molecular weight excluding hydrogens is 354 g/mol. The molecule has 0 unspecified atom stereocenters. The predicted octanol–water partition coefficient (Wildman–Crippen LogP) is 3.14. The second kappa shape index (κ2) is 6.95. The lowest BCUT2D eigenvalue weighted by molar-refractivity contribution is 0.296. The Morgan fingerprint density at radius 3 is 2.86 bits per heavy atom. The normalized spacial score (nSPS) is 13.8. The van der Waals surface area contributed by atoms with Crippen molar-refractivity contribution in [2.24, 2.45) is 13.0 Å². The molecule has 3 aromatic heterocycles. The zero-order valence-corrected chi connectivity index (χ0v) is 15.6. The Morgan fingerprint density at radius 1 is 1.14 bits per heavy atom. The van der Waals surface area contributed by atoms with Gasteiger partial charge in [0.1, 0.15) is 5.75 Å². The summed E-state index contributed by atoms with van der Waals surface area (Å²) in [6, 6.07) is 8.12. The van der Waals surface area contributed by atoms with Crippen molar-refractivity contribution < 1.29 is 4.74 Å². The van der Waals surface area contributed by atoms with Gasteiger partial charge in [0.2, 0.25) is 5.95 Å². The largest absolute Gasteiger partial charge is 0.493 e. The molecule has 0 amide bonds. The number of para-hydroxylation sites is 1. The van der Waals surface area contributed by atoms with Crippen LogP contribution in [0.2, 0.25) is 0 Å². The highest BCUT2D eigenvalue weighted by Crippen LogP contribution is 2.30. The second-order valence-corrected chi connectivity index (χ2v) is 7.16. The van der Waals surface area contributed by atoms with Crippen LogP contribution in [-0.2, 0) is 13.6 Å². The summed E-state index contributed by atoms with van der Waals surface area (Å²) in [5, 5.41) is 12.7. The lowest BCUT2D eigenvalue weighted by Crippen LogP contribution is -2.07. The zero-order valence-electron chi connectivity index (χ0n) is 15.6. The first-order valence-corrected chi connectivity index (χ1v) is 9.39. The summed E-state index contributed by atoms with van der Waals surface area (Å²) < 4.78 is 9.64. The highest BCUT2D eigenvalue weighted by atomic mass is 16.5. The summed E-state index contributed by atoms with van der Waals surface area (Å²) in [7, 11) is 1.87. The van der Waals surface area contributed by atoms with Crippen LogP contribution in [-0.4, -0.2) is 36.1 Å². The molecule has 5 rings (SSSR count). The Bertz CT molecular complexity index is 1110. The van der Waals surface area contributed by atoms with Crippen LogP contribution in [0.25, 0.3) is 11.0 Å². The van der Waals surface area contributed by atoms with Crippen LogP contribution in [0, 0.1) is 5.92 Å². The van der Waals surface area contributed by atoms with Crippen molar-refractivity contribution in [2.75, 3.05) is 11.9 Å². The molecule has 1 aliphatic carbocycles. The van der Waals surface area contributed by atoms with Gasteiger partial charge in [-0.25, -0.2) is 9.67 Å². The van der Waals surface area contributed by atoms with Crippen molar-refractivity contribution in [3.8, 4) is 5.75 Å². The average molecular weight is 375 g/mol. The first-order chi connectivity index (χ1) is 13.7. The Labute approximate surface area is 162 Å². The van der Waals surface area contributed by atoms with Crippen LogP contribution in [0.5, 0.6) is 5.75 Å². The maximum atomic E-state index is 6.03. The number of benzene rings is 1. The first-order valence-electron chi connectivity index (χ1n) is 9.39. The predicted molar refractivity (Wildman–Crippen MR) is 106 cm³/mol. The van der Waals surface area contributed by atoms with Crippen LogP contribution in [0.15, 0.2) is 49.1 Å². The van der Waals surface area contributed by atoms with E-state index >= 15 is 0 Å². The monoisotopic (exact) mass is 375 g/mol. The SMILES string of the molecule is Cn1cc(Nc2ncc3cnn(Cc4ccccc4OCC4CC4)c3n2)cn1. The summed E-state index contributed by atoms with van der Waals surface area (Å²) in [5.74, 6) is 2.15. The highest BCUT2D eigenvalue weighted by Gasteiger charge is 2.22. The third-order valence-electron chi connectivity index (χ3n) is 4.80. The molecule has 8 heteroatoms. The molecule has 1 aliphatic rings. The standard InChI is InChI=1S/C20H21N7O/c1-26-12-17(10-22-26)24-20-21-8-16-9-23-27(19(16)25-20)11-15-4-2-3-5-18(15)28-13-14-6-7-14/h2-5,8-10,12,14H,6-7,11,13H2,1H3,(H,21,24,25). The smallest absolute Gasteiger partial charge is 0.229 e. The van der Waals surface area contributed by atoms with Crippen LogP contribution in [0.3, 0.4) is 0 Å². The lowest BCUT2D eigenvalue weighted by atomic mass is 10.2. The lowest BCUT2D eigenvalue weighted by Gasteiger charge is -2.11. The minimum absolute atomic E-state index is 0.514. The maximum absolute atomic E-state index is 6.03. The summed E-state index contributed by atoms with van der Waals surface area (Å²) in [4.78, 5) is 9.02. The van der Waals surface area contributed by atoms with Gasteiger partial charge in [-0.3, -0.25) is 4.68 Å². The number of hydrogen-bond acceptors (Lipinski definition) is 6. The van der Waals surface area contributed by atoms with E-state index in [0.29, 0.717) is 18.4 Å².